The van der Waals surface area contributed by atoms with Crippen LogP contribution in [0.1, 0.15) is 46.5 Å². The third-order valence-electron chi connectivity index (χ3n) is 3.21. The van der Waals surface area contributed by atoms with Crippen molar-refractivity contribution in [3.8, 4) is 0 Å². The first kappa shape index (κ1) is 13.5. The minimum Gasteiger partial charge on any atom is -0.381 e. The summed E-state index contributed by atoms with van der Waals surface area (Å²) in [6.07, 6.45) is 12.0. The number of hydrogen-bond acceptors (Lipinski definition) is 1. The van der Waals surface area contributed by atoms with Crippen LogP contribution in [0.4, 0.5) is 0 Å². The Morgan fingerprint density at radius 2 is 1.94 bits per heavy atom. The minimum absolute atomic E-state index is 0.833. The Labute approximate surface area is 101 Å². The van der Waals surface area contributed by atoms with Crippen LogP contribution in [-0.4, -0.2) is 13.2 Å². The van der Waals surface area contributed by atoms with Gasteiger partial charge in [0, 0.05) is 13.2 Å². The van der Waals surface area contributed by atoms with Gasteiger partial charge < -0.3 is 4.74 Å². The lowest BCUT2D eigenvalue weighted by Gasteiger charge is -2.05. The zero-order valence-corrected chi connectivity index (χ0v) is 11.0. The molecule has 2 aliphatic rings. The van der Waals surface area contributed by atoms with E-state index in [2.05, 4.69) is 39.0 Å². The molecule has 0 aromatic rings. The molecule has 0 aromatic carbocycles. The van der Waals surface area contributed by atoms with Gasteiger partial charge in [-0.25, -0.2) is 0 Å². The van der Waals surface area contributed by atoms with E-state index in [1.165, 1.54) is 12.8 Å². The molecule has 0 spiro atoms. The van der Waals surface area contributed by atoms with Gasteiger partial charge in [-0.2, -0.15) is 0 Å². The number of ether oxygens (including phenoxy) is 1. The third-order valence-corrected chi connectivity index (χ3v) is 3.21. The van der Waals surface area contributed by atoms with Gasteiger partial charge in [-0.3, -0.25) is 0 Å². The summed E-state index contributed by atoms with van der Waals surface area (Å²) >= 11 is 0. The van der Waals surface area contributed by atoms with Crippen molar-refractivity contribution in [3.05, 3.63) is 23.8 Å². The first-order valence-electron chi connectivity index (χ1n) is 6.72. The lowest BCUT2D eigenvalue weighted by atomic mass is 10.0. The van der Waals surface area contributed by atoms with Crippen LogP contribution >= 0.6 is 0 Å². The fraction of sp³-hybridized carbons (Fsp3) is 0.733. The number of fused-ring (bicyclic) bond motifs is 2. The molecule has 1 heteroatoms. The number of rotatable bonds is 4. The standard InChI is InChI=1S/C9H12.C6H14O/c1-2-8-5-7-3-4-9(8)6-7;1-3-5-7-6-4-2/h2-4,7,9H,5-6H2,1H3;3-6H2,1-2H3. The molecule has 0 aliphatic heterocycles. The Balaban J connectivity index is 0.000000168. The SMILES string of the molecule is CC=C1CC2C=CC1C2.CCCOCCC. The van der Waals surface area contributed by atoms with Gasteiger partial charge in [0.2, 0.25) is 0 Å². The largest absolute Gasteiger partial charge is 0.381 e. The zero-order valence-electron chi connectivity index (χ0n) is 11.0. The predicted octanol–water partition coefficient (Wildman–Crippen LogP) is 4.35. The second-order valence-electron chi connectivity index (χ2n) is 4.67. The summed E-state index contributed by atoms with van der Waals surface area (Å²) in [5, 5.41) is 0. The molecule has 0 aromatic heterocycles. The molecule has 2 bridgehead atoms. The van der Waals surface area contributed by atoms with E-state index in [4.69, 9.17) is 4.74 Å². The lowest BCUT2D eigenvalue weighted by molar-refractivity contribution is 0.135. The Morgan fingerprint density at radius 3 is 2.25 bits per heavy atom. The molecule has 2 unspecified atom stereocenters. The molecule has 92 valence electrons. The summed E-state index contributed by atoms with van der Waals surface area (Å²) in [6, 6.07) is 0. The average Bonchev–Trinajstić information content (AvgIpc) is 2.92. The summed E-state index contributed by atoms with van der Waals surface area (Å²) in [6.45, 7) is 8.25. The van der Waals surface area contributed by atoms with Gasteiger partial charge in [0.05, 0.1) is 0 Å². The summed E-state index contributed by atoms with van der Waals surface area (Å²) in [5.74, 6) is 1.74. The van der Waals surface area contributed by atoms with Crippen LogP contribution in [0.3, 0.4) is 0 Å². The predicted molar refractivity (Wildman–Crippen MR) is 70.5 cm³/mol. The van der Waals surface area contributed by atoms with Gasteiger partial charge in [0.1, 0.15) is 0 Å². The van der Waals surface area contributed by atoms with Crippen molar-refractivity contribution in [2.75, 3.05) is 13.2 Å². The lowest BCUT2D eigenvalue weighted by Crippen LogP contribution is -1.92. The maximum Gasteiger partial charge on any atom is 0.0463 e. The van der Waals surface area contributed by atoms with Gasteiger partial charge in [-0.05, 0) is 44.4 Å². The molecule has 0 N–H and O–H groups in total. The van der Waals surface area contributed by atoms with Crippen molar-refractivity contribution in [2.24, 2.45) is 11.8 Å². The number of hydrogen-bond donors (Lipinski definition) is 0. The summed E-state index contributed by atoms with van der Waals surface area (Å²) in [7, 11) is 0. The van der Waals surface area contributed by atoms with Crippen LogP contribution in [0.25, 0.3) is 0 Å². The Hall–Kier alpha value is -0.560. The van der Waals surface area contributed by atoms with Crippen molar-refractivity contribution in [1.29, 1.82) is 0 Å². The fourth-order valence-corrected chi connectivity index (χ4v) is 2.38. The summed E-state index contributed by atoms with van der Waals surface area (Å²) < 4.78 is 5.13. The zero-order chi connectivity index (χ0) is 11.8. The molecule has 1 saturated carbocycles. The first-order chi connectivity index (χ1) is 7.81. The average molecular weight is 222 g/mol. The van der Waals surface area contributed by atoms with E-state index in [0.717, 1.165) is 37.9 Å². The van der Waals surface area contributed by atoms with Crippen LogP contribution < -0.4 is 0 Å². The molecule has 2 aliphatic carbocycles. The second-order valence-corrected chi connectivity index (χ2v) is 4.67. The van der Waals surface area contributed by atoms with Crippen LogP contribution in [0, 0.1) is 11.8 Å². The topological polar surface area (TPSA) is 9.23 Å². The molecule has 2 atom stereocenters. The molecule has 0 heterocycles. The van der Waals surface area contributed by atoms with E-state index < -0.39 is 0 Å². The van der Waals surface area contributed by atoms with Crippen LogP contribution in [0.5, 0.6) is 0 Å². The fourth-order valence-electron chi connectivity index (χ4n) is 2.38. The highest BCUT2D eigenvalue weighted by atomic mass is 16.5. The minimum atomic E-state index is 0.833. The monoisotopic (exact) mass is 222 g/mol. The van der Waals surface area contributed by atoms with E-state index >= 15 is 0 Å². The summed E-state index contributed by atoms with van der Waals surface area (Å²) in [5.41, 5.74) is 1.67. The van der Waals surface area contributed by atoms with E-state index in [9.17, 15) is 0 Å². The van der Waals surface area contributed by atoms with Crippen molar-refractivity contribution >= 4 is 0 Å². The molecule has 0 amide bonds. The van der Waals surface area contributed by atoms with Crippen LogP contribution in [-0.2, 0) is 4.74 Å². The maximum absolute atomic E-state index is 5.13. The Bertz CT molecular complexity index is 236. The van der Waals surface area contributed by atoms with Gasteiger partial charge >= 0.3 is 0 Å². The van der Waals surface area contributed by atoms with E-state index in [0.29, 0.717) is 0 Å². The van der Waals surface area contributed by atoms with Crippen molar-refractivity contribution < 1.29 is 4.74 Å². The molecule has 16 heavy (non-hydrogen) atoms. The van der Waals surface area contributed by atoms with Gasteiger partial charge in [0.15, 0.2) is 0 Å². The highest BCUT2D eigenvalue weighted by Crippen LogP contribution is 2.42. The Kier molecular flexibility index (Phi) is 6.47. The van der Waals surface area contributed by atoms with E-state index in [1.807, 2.05) is 0 Å². The molecular weight excluding hydrogens is 196 g/mol. The van der Waals surface area contributed by atoms with E-state index in [1.54, 1.807) is 5.57 Å². The van der Waals surface area contributed by atoms with Gasteiger partial charge in [-0.1, -0.05) is 37.6 Å². The Morgan fingerprint density at radius 1 is 1.25 bits per heavy atom. The highest BCUT2D eigenvalue weighted by Gasteiger charge is 2.29. The third kappa shape index (κ3) is 4.13. The first-order valence-corrected chi connectivity index (χ1v) is 6.72. The van der Waals surface area contributed by atoms with Gasteiger partial charge in [-0.15, -0.1) is 0 Å². The van der Waals surface area contributed by atoms with Crippen molar-refractivity contribution in [2.45, 2.75) is 46.5 Å². The van der Waals surface area contributed by atoms with Crippen molar-refractivity contribution in [3.63, 3.8) is 0 Å². The molecular formula is C15H26O. The summed E-state index contributed by atoms with van der Waals surface area (Å²) in [4.78, 5) is 0. The molecule has 1 nitrogen and oxygen atoms in total. The van der Waals surface area contributed by atoms with Crippen LogP contribution in [0.2, 0.25) is 0 Å². The van der Waals surface area contributed by atoms with E-state index in [-0.39, 0.29) is 0 Å². The second kappa shape index (κ2) is 7.67. The maximum atomic E-state index is 5.13. The van der Waals surface area contributed by atoms with Gasteiger partial charge in [0.25, 0.3) is 0 Å². The highest BCUT2D eigenvalue weighted by molar-refractivity contribution is 5.26. The molecule has 2 rings (SSSR count). The number of allylic oxidation sites excluding steroid dienone is 4. The molecule has 0 saturated heterocycles. The van der Waals surface area contributed by atoms with Crippen LogP contribution in [0.15, 0.2) is 23.8 Å². The smallest absolute Gasteiger partial charge is 0.0463 e. The van der Waals surface area contributed by atoms with Crippen molar-refractivity contribution in [1.82, 2.24) is 0 Å². The molecule has 1 fully saturated rings. The molecule has 0 radical (unpaired) electrons. The normalized spacial score (nSPS) is 28.3. The quantitative estimate of drug-likeness (QED) is 0.507.